The molecule has 4 rings (SSSR count). The molecule has 3 fully saturated rings. The number of ketones is 2. The number of carbonyl (C=O) groups is 2. The van der Waals surface area contributed by atoms with E-state index >= 15 is 0 Å². The lowest BCUT2D eigenvalue weighted by atomic mass is 9.36. The number of aliphatic hydroxyl groups excluding tert-OH is 3. The van der Waals surface area contributed by atoms with Gasteiger partial charge < -0.3 is 15.3 Å². The molecule has 9 atom stereocenters. The molecule has 3 saturated carbocycles. The molecule has 3 N–H and O–H groups in total. The molecule has 4 aliphatic carbocycles. The van der Waals surface area contributed by atoms with E-state index in [0.717, 1.165) is 30.4 Å². The van der Waals surface area contributed by atoms with Gasteiger partial charge in [0, 0.05) is 23.7 Å². The second-order valence-corrected chi connectivity index (χ2v) is 13.7. The van der Waals surface area contributed by atoms with Crippen molar-refractivity contribution in [2.45, 2.75) is 112 Å². The Morgan fingerprint density at radius 2 is 1.74 bits per heavy atom. The molecule has 196 valence electrons. The predicted molar refractivity (Wildman–Crippen MR) is 136 cm³/mol. The van der Waals surface area contributed by atoms with Gasteiger partial charge in [0.05, 0.1) is 12.2 Å². The van der Waals surface area contributed by atoms with E-state index in [2.05, 4.69) is 41.2 Å². The largest absolute Gasteiger partial charge is 0.392 e. The summed E-state index contributed by atoms with van der Waals surface area (Å²) in [5.41, 5.74) is 1.17. The van der Waals surface area contributed by atoms with Crippen LogP contribution in [-0.2, 0) is 9.59 Å². The Morgan fingerprint density at radius 1 is 1.11 bits per heavy atom. The van der Waals surface area contributed by atoms with Gasteiger partial charge in [-0.3, -0.25) is 9.59 Å². The van der Waals surface area contributed by atoms with Gasteiger partial charge in [0.15, 0.2) is 5.78 Å². The fourth-order valence-corrected chi connectivity index (χ4v) is 9.48. The number of fused-ring (bicyclic) bond motifs is 5. The summed E-state index contributed by atoms with van der Waals surface area (Å²) in [6, 6.07) is 0. The summed E-state index contributed by atoms with van der Waals surface area (Å²) in [6.45, 7) is 18.4. The minimum Gasteiger partial charge on any atom is -0.392 e. The minimum atomic E-state index is -1.02. The minimum absolute atomic E-state index is 0.0214. The number of aliphatic hydroxyl groups is 3. The molecule has 2 unspecified atom stereocenters. The lowest BCUT2D eigenvalue weighted by molar-refractivity contribution is -0.208. The first-order valence-electron chi connectivity index (χ1n) is 13.5. The molecule has 0 heterocycles. The highest BCUT2D eigenvalue weighted by Crippen LogP contribution is 2.73. The van der Waals surface area contributed by atoms with Crippen molar-refractivity contribution < 1.29 is 24.9 Å². The van der Waals surface area contributed by atoms with Crippen molar-refractivity contribution in [3.63, 3.8) is 0 Å². The smallest absolute Gasteiger partial charge is 0.160 e. The summed E-state index contributed by atoms with van der Waals surface area (Å²) in [5.74, 6) is 0.491. The summed E-state index contributed by atoms with van der Waals surface area (Å²) in [4.78, 5) is 26.4. The third kappa shape index (κ3) is 3.59. The number of hydrogen-bond donors (Lipinski definition) is 3. The van der Waals surface area contributed by atoms with Gasteiger partial charge in [-0.1, -0.05) is 53.7 Å². The van der Waals surface area contributed by atoms with Gasteiger partial charge in [-0.05, 0) is 78.8 Å². The molecular weight excluding hydrogens is 440 g/mol. The van der Waals surface area contributed by atoms with Crippen LogP contribution in [0.2, 0.25) is 0 Å². The van der Waals surface area contributed by atoms with Crippen LogP contribution in [0.25, 0.3) is 0 Å². The second kappa shape index (κ2) is 8.36. The zero-order valence-electron chi connectivity index (χ0n) is 22.8. The Morgan fingerprint density at radius 3 is 2.34 bits per heavy atom. The van der Waals surface area contributed by atoms with E-state index in [9.17, 15) is 24.9 Å². The van der Waals surface area contributed by atoms with Crippen LogP contribution in [0.3, 0.4) is 0 Å². The van der Waals surface area contributed by atoms with Gasteiger partial charge in [-0.25, -0.2) is 0 Å². The highest BCUT2D eigenvalue weighted by Gasteiger charge is 2.70. The first-order valence-corrected chi connectivity index (χ1v) is 13.5. The Bertz CT molecular complexity index is 977. The van der Waals surface area contributed by atoms with Crippen LogP contribution in [0, 0.1) is 39.4 Å². The van der Waals surface area contributed by atoms with Gasteiger partial charge in [0.1, 0.15) is 11.9 Å². The van der Waals surface area contributed by atoms with E-state index in [4.69, 9.17) is 0 Å². The van der Waals surface area contributed by atoms with Crippen molar-refractivity contribution in [2.75, 3.05) is 0 Å². The summed E-state index contributed by atoms with van der Waals surface area (Å²) in [5, 5.41) is 32.6. The van der Waals surface area contributed by atoms with Crippen LogP contribution in [-0.4, -0.2) is 45.2 Å². The molecule has 5 heteroatoms. The van der Waals surface area contributed by atoms with Crippen molar-refractivity contribution in [1.29, 1.82) is 0 Å². The van der Waals surface area contributed by atoms with E-state index in [0.29, 0.717) is 30.6 Å². The normalized spacial score (nSPS) is 43.2. The summed E-state index contributed by atoms with van der Waals surface area (Å²) in [6.07, 6.45) is 1.79. The fraction of sp³-hybridized carbons (Fsp3) is 0.800. The summed E-state index contributed by atoms with van der Waals surface area (Å²) < 4.78 is 0. The van der Waals surface area contributed by atoms with E-state index in [1.807, 2.05) is 6.92 Å². The maximum Gasteiger partial charge on any atom is 0.160 e. The third-order valence-corrected chi connectivity index (χ3v) is 11.4. The predicted octanol–water partition coefficient (Wildman–Crippen LogP) is 4.78. The molecule has 0 amide bonds. The second-order valence-electron chi connectivity index (χ2n) is 13.7. The highest BCUT2D eigenvalue weighted by molar-refractivity contribution is 6.00. The van der Waals surface area contributed by atoms with Crippen LogP contribution >= 0.6 is 0 Å². The molecule has 0 aromatic heterocycles. The molecule has 0 saturated heterocycles. The van der Waals surface area contributed by atoms with E-state index < -0.39 is 23.7 Å². The van der Waals surface area contributed by atoms with E-state index in [1.165, 1.54) is 0 Å². The average Bonchev–Trinajstić information content (AvgIpc) is 3.01. The van der Waals surface area contributed by atoms with Gasteiger partial charge >= 0.3 is 0 Å². The van der Waals surface area contributed by atoms with Crippen LogP contribution < -0.4 is 0 Å². The molecule has 0 bridgehead atoms. The van der Waals surface area contributed by atoms with Crippen LogP contribution in [0.4, 0.5) is 0 Å². The zero-order valence-corrected chi connectivity index (χ0v) is 22.8. The molecule has 0 aromatic carbocycles. The SMILES string of the molecule is C=C(C)[C@H](O)[C@@H](O)C[C@@H](C)C1=C2C[C@H](O)C3[C@@]4(C)CCC(=O)C(C)(C)C4CC[C@]3(C)[C@@]2(C)CC1=O. The van der Waals surface area contributed by atoms with Crippen molar-refractivity contribution >= 4 is 11.6 Å². The van der Waals surface area contributed by atoms with Crippen molar-refractivity contribution in [1.82, 2.24) is 0 Å². The standard InChI is InChI=1S/C30H46O5/c1-16(2)25(35)19(31)13-17(3)24-18-14-20(32)26-28(6)11-10-23(34)27(4,5)22(28)9-12-29(26,7)30(18,8)15-21(24)33/h17,19-20,22,25-26,31-32,35H,1,9-15H2,2-8H3/t17-,19+,20+,22?,25+,26?,28+,29+,30+/m1/s1. The van der Waals surface area contributed by atoms with Gasteiger partial charge in [-0.15, -0.1) is 0 Å². The molecule has 4 aliphatic rings. The van der Waals surface area contributed by atoms with Gasteiger partial charge in [0.25, 0.3) is 0 Å². The van der Waals surface area contributed by atoms with Crippen LogP contribution in [0.15, 0.2) is 23.3 Å². The van der Waals surface area contributed by atoms with E-state index in [1.54, 1.807) is 6.92 Å². The van der Waals surface area contributed by atoms with Crippen LogP contribution in [0.5, 0.6) is 0 Å². The first-order chi connectivity index (χ1) is 16.0. The maximum absolute atomic E-state index is 13.6. The van der Waals surface area contributed by atoms with Gasteiger partial charge in [0.2, 0.25) is 0 Å². The van der Waals surface area contributed by atoms with Crippen molar-refractivity contribution in [3.05, 3.63) is 23.3 Å². The molecular formula is C30H46O5. The van der Waals surface area contributed by atoms with E-state index in [-0.39, 0.29) is 46.2 Å². The number of hydrogen-bond acceptors (Lipinski definition) is 5. The fourth-order valence-electron chi connectivity index (χ4n) is 9.48. The topological polar surface area (TPSA) is 94.8 Å². The Kier molecular flexibility index (Phi) is 6.39. The lowest BCUT2D eigenvalue weighted by Gasteiger charge is -2.68. The Labute approximate surface area is 211 Å². The molecule has 0 aromatic rings. The maximum atomic E-state index is 13.6. The van der Waals surface area contributed by atoms with Crippen molar-refractivity contribution in [2.24, 2.45) is 39.4 Å². The third-order valence-electron chi connectivity index (χ3n) is 11.4. The van der Waals surface area contributed by atoms with Crippen molar-refractivity contribution in [3.8, 4) is 0 Å². The molecule has 0 spiro atoms. The van der Waals surface area contributed by atoms with Gasteiger partial charge in [-0.2, -0.15) is 0 Å². The average molecular weight is 487 g/mol. The number of rotatable bonds is 5. The monoisotopic (exact) mass is 486 g/mol. The Balaban J connectivity index is 1.74. The molecule has 35 heavy (non-hydrogen) atoms. The summed E-state index contributed by atoms with van der Waals surface area (Å²) >= 11 is 0. The molecule has 5 nitrogen and oxygen atoms in total. The summed E-state index contributed by atoms with van der Waals surface area (Å²) in [7, 11) is 0. The van der Waals surface area contributed by atoms with Crippen LogP contribution in [0.1, 0.15) is 93.4 Å². The Hall–Kier alpha value is -1.30. The highest BCUT2D eigenvalue weighted by atomic mass is 16.3. The number of Topliss-reactive ketones (excluding diaryl/α,β-unsaturated/α-hetero) is 2. The lowest BCUT2D eigenvalue weighted by Crippen LogP contribution is -2.65. The number of carbonyl (C=O) groups excluding carboxylic acids is 2. The number of allylic oxidation sites excluding steroid dienone is 1. The molecule has 0 radical (unpaired) electrons. The zero-order chi connectivity index (χ0) is 26.3. The first kappa shape index (κ1) is 26.8. The molecule has 0 aliphatic heterocycles. The quantitative estimate of drug-likeness (QED) is 0.486.